The molecule has 8 heteroatoms. The molecule has 7 nitrogen and oxygen atoms in total. The van der Waals surface area contributed by atoms with E-state index in [0.717, 1.165) is 5.56 Å². The monoisotopic (exact) mass is 413 g/mol. The number of aliphatic imine (C=N–C) groups is 1. The predicted molar refractivity (Wildman–Crippen MR) is 115 cm³/mol. The minimum absolute atomic E-state index is 0.00692. The highest BCUT2D eigenvalue weighted by atomic mass is 19.1. The number of ether oxygens (including phenoxy) is 1. The van der Waals surface area contributed by atoms with E-state index in [1.165, 1.54) is 12.1 Å². The van der Waals surface area contributed by atoms with Gasteiger partial charge in [0.15, 0.2) is 5.96 Å². The third kappa shape index (κ3) is 6.01. The largest absolute Gasteiger partial charge is 0.497 e. The molecule has 2 atom stereocenters. The Morgan fingerprint density at radius 1 is 1.10 bits per heavy atom. The Hall–Kier alpha value is -2.97. The average molecular weight is 413 g/mol. The molecular formula is C22H28FN5O2. The second-order valence-electron chi connectivity index (χ2n) is 8.18. The van der Waals surface area contributed by atoms with E-state index >= 15 is 0 Å². The second kappa shape index (κ2) is 9.23. The van der Waals surface area contributed by atoms with Gasteiger partial charge in [-0.3, -0.25) is 10.1 Å². The van der Waals surface area contributed by atoms with Crippen LogP contribution in [-0.2, 0) is 0 Å². The van der Waals surface area contributed by atoms with Crippen LogP contribution in [0.4, 0.5) is 4.39 Å². The van der Waals surface area contributed by atoms with Crippen molar-refractivity contribution < 1.29 is 13.9 Å². The van der Waals surface area contributed by atoms with E-state index < -0.39 is 0 Å². The summed E-state index contributed by atoms with van der Waals surface area (Å²) in [6.45, 7) is 5.97. The van der Waals surface area contributed by atoms with Crippen LogP contribution in [0.2, 0.25) is 0 Å². The molecule has 0 aliphatic carbocycles. The number of benzene rings is 2. The van der Waals surface area contributed by atoms with Crippen molar-refractivity contribution in [2.75, 3.05) is 7.11 Å². The lowest BCUT2D eigenvalue weighted by atomic mass is 10.0. The molecule has 0 saturated carbocycles. The maximum atomic E-state index is 13.2. The van der Waals surface area contributed by atoms with Crippen LogP contribution in [0.25, 0.3) is 0 Å². The predicted octanol–water partition coefficient (Wildman–Crippen LogP) is 2.87. The number of hydrogen-bond donors (Lipinski definition) is 4. The molecule has 4 N–H and O–H groups in total. The van der Waals surface area contributed by atoms with Crippen molar-refractivity contribution in [1.82, 2.24) is 21.5 Å². The maximum Gasteiger partial charge on any atom is 0.257 e. The number of rotatable bonds is 4. The molecule has 2 aromatic rings. The number of guanidine groups is 1. The number of hydrazine groups is 1. The van der Waals surface area contributed by atoms with Crippen molar-refractivity contribution in [3.63, 3.8) is 0 Å². The van der Waals surface area contributed by atoms with E-state index in [-0.39, 0.29) is 29.5 Å². The molecule has 160 valence electrons. The van der Waals surface area contributed by atoms with Gasteiger partial charge >= 0.3 is 0 Å². The van der Waals surface area contributed by atoms with Gasteiger partial charge in [-0.2, -0.15) is 0 Å². The van der Waals surface area contributed by atoms with E-state index in [4.69, 9.17) is 4.74 Å². The molecule has 3 rings (SSSR count). The zero-order chi connectivity index (χ0) is 21.7. The molecule has 0 radical (unpaired) electrons. The Morgan fingerprint density at radius 3 is 2.37 bits per heavy atom. The summed E-state index contributed by atoms with van der Waals surface area (Å²) < 4.78 is 18.3. The second-order valence-corrected chi connectivity index (χ2v) is 8.18. The van der Waals surface area contributed by atoms with E-state index in [1.807, 2.05) is 20.8 Å². The number of carbonyl (C=O) groups excluding carboxylic acids is 1. The fourth-order valence-electron chi connectivity index (χ4n) is 3.07. The lowest BCUT2D eigenvalue weighted by molar-refractivity contribution is 0.0975. The first-order chi connectivity index (χ1) is 14.2. The summed E-state index contributed by atoms with van der Waals surface area (Å²) in [5.74, 6) is 0.523. The highest BCUT2D eigenvalue weighted by Gasteiger charge is 2.26. The van der Waals surface area contributed by atoms with E-state index in [1.54, 1.807) is 43.5 Å². The third-order valence-electron chi connectivity index (χ3n) is 4.52. The first-order valence-electron chi connectivity index (χ1n) is 9.81. The van der Waals surface area contributed by atoms with Crippen LogP contribution in [0.15, 0.2) is 53.5 Å². The van der Waals surface area contributed by atoms with Crippen molar-refractivity contribution in [2.24, 2.45) is 4.99 Å². The van der Waals surface area contributed by atoms with Crippen molar-refractivity contribution in [2.45, 2.75) is 44.9 Å². The van der Waals surface area contributed by atoms with Gasteiger partial charge in [0.05, 0.1) is 7.11 Å². The van der Waals surface area contributed by atoms with Crippen molar-refractivity contribution >= 4 is 11.9 Å². The number of hydrogen-bond acceptors (Lipinski definition) is 5. The van der Waals surface area contributed by atoms with Gasteiger partial charge in [0.1, 0.15) is 17.7 Å². The zero-order valence-corrected chi connectivity index (χ0v) is 17.6. The zero-order valence-electron chi connectivity index (χ0n) is 17.6. The Morgan fingerprint density at radius 2 is 1.77 bits per heavy atom. The summed E-state index contributed by atoms with van der Waals surface area (Å²) in [6.07, 6.45) is 0.389. The van der Waals surface area contributed by atoms with Crippen LogP contribution in [0, 0.1) is 5.82 Å². The van der Waals surface area contributed by atoms with Crippen molar-refractivity contribution in [1.29, 1.82) is 0 Å². The van der Waals surface area contributed by atoms with Crippen LogP contribution in [0.5, 0.6) is 5.75 Å². The molecule has 1 saturated heterocycles. The van der Waals surface area contributed by atoms with E-state index in [9.17, 15) is 9.18 Å². The Labute approximate surface area is 176 Å². The van der Waals surface area contributed by atoms with Crippen LogP contribution in [0.1, 0.15) is 49.2 Å². The summed E-state index contributed by atoms with van der Waals surface area (Å²) in [5, 5.41) is 6.10. The topological polar surface area (TPSA) is 86.8 Å². The number of nitrogens with zero attached hydrogens (tertiary/aromatic N) is 1. The SMILES string of the molecule is COc1ccc(C(=O)NC(=NC2CC(c3ccc(F)cc3)NN2)NC(C)(C)C)cc1. The summed E-state index contributed by atoms with van der Waals surface area (Å²) >= 11 is 0. The van der Waals surface area contributed by atoms with Crippen molar-refractivity contribution in [3.05, 3.63) is 65.5 Å². The lowest BCUT2D eigenvalue weighted by Gasteiger charge is -2.24. The highest BCUT2D eigenvalue weighted by molar-refractivity contribution is 6.05. The molecule has 30 heavy (non-hydrogen) atoms. The summed E-state index contributed by atoms with van der Waals surface area (Å²) in [4.78, 5) is 17.3. The van der Waals surface area contributed by atoms with E-state index in [2.05, 4.69) is 26.5 Å². The minimum Gasteiger partial charge on any atom is -0.497 e. The molecule has 0 aromatic heterocycles. The first kappa shape index (κ1) is 21.7. The van der Waals surface area contributed by atoms with Gasteiger partial charge in [0.25, 0.3) is 5.91 Å². The van der Waals surface area contributed by atoms with Gasteiger partial charge in [-0.05, 0) is 62.7 Å². The Bertz CT molecular complexity index is 891. The Kier molecular flexibility index (Phi) is 6.69. The van der Waals surface area contributed by atoms with Gasteiger partial charge in [0.2, 0.25) is 0 Å². The minimum atomic E-state index is -0.297. The van der Waals surface area contributed by atoms with Gasteiger partial charge in [0, 0.05) is 23.6 Å². The molecule has 1 heterocycles. The van der Waals surface area contributed by atoms with Gasteiger partial charge < -0.3 is 10.1 Å². The van der Waals surface area contributed by atoms with Gasteiger partial charge in [-0.1, -0.05) is 12.1 Å². The van der Waals surface area contributed by atoms with E-state index in [0.29, 0.717) is 23.7 Å². The molecule has 1 fully saturated rings. The molecular weight excluding hydrogens is 385 g/mol. The molecule has 1 amide bonds. The van der Waals surface area contributed by atoms with Crippen LogP contribution < -0.4 is 26.2 Å². The molecule has 0 bridgehead atoms. The molecule has 1 aliphatic rings. The van der Waals surface area contributed by atoms with Crippen LogP contribution in [0.3, 0.4) is 0 Å². The molecule has 2 aromatic carbocycles. The fraction of sp³-hybridized carbons (Fsp3) is 0.364. The smallest absolute Gasteiger partial charge is 0.257 e. The van der Waals surface area contributed by atoms with Gasteiger partial charge in [-0.25, -0.2) is 20.2 Å². The van der Waals surface area contributed by atoms with Gasteiger partial charge in [-0.15, -0.1) is 0 Å². The van der Waals surface area contributed by atoms with Crippen molar-refractivity contribution in [3.8, 4) is 5.75 Å². The first-order valence-corrected chi connectivity index (χ1v) is 9.81. The number of methoxy groups -OCH3 is 1. The van der Waals surface area contributed by atoms with Crippen LogP contribution in [-0.4, -0.2) is 30.7 Å². The standard InChI is InChI=1S/C22H28FN5O2/c1-22(2,3)26-21(25-20(29)15-7-11-17(30-4)12-8-15)24-19-13-18(27-28-19)14-5-9-16(23)10-6-14/h5-12,18-19,27-28H,13H2,1-4H3,(H2,24,25,26,29). The lowest BCUT2D eigenvalue weighted by Crippen LogP contribution is -2.50. The molecule has 2 unspecified atom stereocenters. The quantitative estimate of drug-likeness (QED) is 0.457. The fourth-order valence-corrected chi connectivity index (χ4v) is 3.07. The molecule has 1 aliphatic heterocycles. The highest BCUT2D eigenvalue weighted by Crippen LogP contribution is 2.23. The number of amides is 1. The normalized spacial score (nSPS) is 19.4. The number of halogens is 1. The summed E-state index contributed by atoms with van der Waals surface area (Å²) in [5.41, 5.74) is 7.47. The number of nitrogens with one attached hydrogen (secondary N) is 4. The van der Waals surface area contributed by atoms with Crippen LogP contribution >= 0.6 is 0 Å². The molecule has 0 spiro atoms. The summed E-state index contributed by atoms with van der Waals surface area (Å²) in [6, 6.07) is 13.2. The third-order valence-corrected chi connectivity index (χ3v) is 4.52. The number of carbonyl (C=O) groups is 1. The summed E-state index contributed by atoms with van der Waals surface area (Å²) in [7, 11) is 1.58. The average Bonchev–Trinajstić information content (AvgIpc) is 3.15. The Balaban J connectivity index is 1.71. The maximum absolute atomic E-state index is 13.2.